The largest absolute Gasteiger partial charge is 0.459 e. The summed E-state index contributed by atoms with van der Waals surface area (Å²) in [5.41, 5.74) is -0.533. The molecule has 2 fully saturated rings. The van der Waals surface area contributed by atoms with Crippen LogP contribution in [0.1, 0.15) is 71.6 Å². The van der Waals surface area contributed by atoms with Crippen LogP contribution in [-0.4, -0.2) is 41.9 Å². The predicted molar refractivity (Wildman–Crippen MR) is 95.1 cm³/mol. The fourth-order valence-corrected chi connectivity index (χ4v) is 4.54. The predicted octanol–water partition coefficient (Wildman–Crippen LogP) is 3.47. The molecule has 162 valence electrons. The summed E-state index contributed by atoms with van der Waals surface area (Å²) in [7, 11) is -5.74. The Balaban J connectivity index is 2.09. The molecule has 2 aliphatic carbocycles. The Labute approximate surface area is 163 Å². The van der Waals surface area contributed by atoms with Crippen molar-refractivity contribution in [3.63, 3.8) is 0 Å². The van der Waals surface area contributed by atoms with Gasteiger partial charge in [0.1, 0.15) is 5.60 Å². The van der Waals surface area contributed by atoms with Crippen molar-refractivity contribution < 1.29 is 40.8 Å². The minimum atomic E-state index is -5.74. The van der Waals surface area contributed by atoms with Crippen molar-refractivity contribution in [1.29, 1.82) is 0 Å². The summed E-state index contributed by atoms with van der Waals surface area (Å²) in [6, 6.07) is 0. The maximum absolute atomic E-state index is 13.7. The average molecular weight is 426 g/mol. The Morgan fingerprint density at radius 2 is 1.61 bits per heavy atom. The quantitative estimate of drug-likeness (QED) is 0.491. The van der Waals surface area contributed by atoms with Crippen LogP contribution in [0.4, 0.5) is 8.78 Å². The van der Waals surface area contributed by atoms with Crippen LogP contribution in [0.25, 0.3) is 0 Å². The number of rotatable bonds is 7. The van der Waals surface area contributed by atoms with E-state index in [2.05, 4.69) is 4.74 Å². The number of carbonyl (C=O) groups excluding carboxylic acids is 2. The van der Waals surface area contributed by atoms with E-state index >= 15 is 0 Å². The highest BCUT2D eigenvalue weighted by molar-refractivity contribution is 7.86. The van der Waals surface area contributed by atoms with Crippen LogP contribution >= 0.6 is 0 Å². The Kier molecular flexibility index (Phi) is 7.07. The smallest absolute Gasteiger partial charge is 0.405 e. The summed E-state index contributed by atoms with van der Waals surface area (Å²) < 4.78 is 68.1. The van der Waals surface area contributed by atoms with Gasteiger partial charge in [-0.25, -0.2) is 0 Å². The van der Waals surface area contributed by atoms with Crippen molar-refractivity contribution in [2.45, 2.75) is 88.6 Å². The number of alkyl halides is 2. The van der Waals surface area contributed by atoms with Gasteiger partial charge in [-0.2, -0.15) is 17.2 Å². The van der Waals surface area contributed by atoms with E-state index < -0.39 is 50.9 Å². The average Bonchev–Trinajstić information content (AvgIpc) is 3.09. The summed E-state index contributed by atoms with van der Waals surface area (Å²) in [5.74, 6) is -3.39. The maximum Gasteiger partial charge on any atom is 0.405 e. The van der Waals surface area contributed by atoms with Crippen LogP contribution in [0.15, 0.2) is 0 Å². The first-order valence-corrected chi connectivity index (χ1v) is 11.2. The number of hydrogen-bond acceptors (Lipinski definition) is 6. The molecule has 0 aromatic heterocycles. The van der Waals surface area contributed by atoms with E-state index in [4.69, 9.17) is 9.29 Å². The molecule has 0 aromatic rings. The molecule has 3 unspecified atom stereocenters. The minimum absolute atomic E-state index is 0.266. The van der Waals surface area contributed by atoms with Crippen LogP contribution in [0.2, 0.25) is 0 Å². The highest BCUT2D eigenvalue weighted by Gasteiger charge is 2.53. The van der Waals surface area contributed by atoms with Gasteiger partial charge in [0.15, 0.2) is 6.10 Å². The highest BCUT2D eigenvalue weighted by atomic mass is 32.2. The molecule has 2 rings (SSSR count). The number of esters is 2. The van der Waals surface area contributed by atoms with Gasteiger partial charge in [-0.15, -0.1) is 0 Å². The number of hydrogen-bond donors (Lipinski definition) is 1. The summed E-state index contributed by atoms with van der Waals surface area (Å²) in [4.78, 5) is 25.2. The lowest BCUT2D eigenvalue weighted by Crippen LogP contribution is -2.45. The second-order valence-electron chi connectivity index (χ2n) is 7.78. The summed E-state index contributed by atoms with van der Waals surface area (Å²) in [6.45, 7) is 2.62. The summed E-state index contributed by atoms with van der Waals surface area (Å²) in [6.07, 6.45) is 3.67. The first-order chi connectivity index (χ1) is 12.9. The van der Waals surface area contributed by atoms with Crippen molar-refractivity contribution in [3.05, 3.63) is 0 Å². The van der Waals surface area contributed by atoms with E-state index in [-0.39, 0.29) is 6.42 Å². The van der Waals surface area contributed by atoms with E-state index in [1.165, 1.54) is 0 Å². The molecule has 0 aliphatic heterocycles. The lowest BCUT2D eigenvalue weighted by Gasteiger charge is -2.34. The highest BCUT2D eigenvalue weighted by Crippen LogP contribution is 2.40. The second-order valence-corrected chi connectivity index (χ2v) is 9.27. The molecule has 10 heteroatoms. The molecule has 0 bridgehead atoms. The van der Waals surface area contributed by atoms with Crippen LogP contribution < -0.4 is 0 Å². The third-order valence-corrected chi connectivity index (χ3v) is 6.98. The van der Waals surface area contributed by atoms with Crippen molar-refractivity contribution in [3.8, 4) is 0 Å². The normalized spacial score (nSPS) is 26.5. The monoisotopic (exact) mass is 426 g/mol. The Morgan fingerprint density at radius 3 is 2.07 bits per heavy atom. The molecule has 2 saturated carbocycles. The fraction of sp³-hybridized carbons (Fsp3) is 0.889. The number of halogens is 2. The minimum Gasteiger partial charge on any atom is -0.459 e. The molecule has 0 saturated heterocycles. The molecule has 3 atom stereocenters. The Bertz CT molecular complexity index is 686. The number of ether oxygens (including phenoxy) is 2. The third kappa shape index (κ3) is 4.82. The van der Waals surface area contributed by atoms with Gasteiger partial charge in [0, 0.05) is 0 Å². The van der Waals surface area contributed by atoms with Gasteiger partial charge in [-0.1, -0.05) is 19.8 Å². The molecule has 28 heavy (non-hydrogen) atoms. The number of carbonyl (C=O) groups is 2. The second kappa shape index (κ2) is 8.61. The van der Waals surface area contributed by atoms with Gasteiger partial charge in [-0.3, -0.25) is 14.1 Å². The lowest BCUT2D eigenvalue weighted by atomic mass is 9.79. The van der Waals surface area contributed by atoms with E-state index in [0.29, 0.717) is 32.6 Å². The Morgan fingerprint density at radius 1 is 1.11 bits per heavy atom. The van der Waals surface area contributed by atoms with Crippen molar-refractivity contribution >= 4 is 22.1 Å². The van der Waals surface area contributed by atoms with Gasteiger partial charge in [0.25, 0.3) is 0 Å². The zero-order valence-corrected chi connectivity index (χ0v) is 17.0. The molecular weight excluding hydrogens is 398 g/mol. The van der Waals surface area contributed by atoms with Crippen molar-refractivity contribution in [2.75, 3.05) is 0 Å². The van der Waals surface area contributed by atoms with Crippen LogP contribution in [0.5, 0.6) is 0 Å². The van der Waals surface area contributed by atoms with E-state index in [1.807, 2.05) is 6.92 Å². The molecule has 0 amide bonds. The van der Waals surface area contributed by atoms with E-state index in [1.54, 1.807) is 0 Å². The van der Waals surface area contributed by atoms with E-state index in [9.17, 15) is 26.8 Å². The standard InChI is InChI=1S/C18H28F2O7S/c1-3-17(10-6-7-11-17)27-16(22)14-9-5-4-8-13(14)15(21)26-12(2)18(19,20)28(23,24)25/h12-14H,3-11H2,1-2H3,(H,23,24,25). The van der Waals surface area contributed by atoms with E-state index in [0.717, 1.165) is 25.7 Å². The zero-order valence-electron chi connectivity index (χ0n) is 16.2. The van der Waals surface area contributed by atoms with Crippen LogP contribution in [0.3, 0.4) is 0 Å². The third-order valence-electron chi connectivity index (χ3n) is 5.96. The molecule has 0 heterocycles. The molecule has 0 radical (unpaired) electrons. The molecule has 7 nitrogen and oxygen atoms in total. The first-order valence-electron chi connectivity index (χ1n) is 9.72. The maximum atomic E-state index is 13.7. The van der Waals surface area contributed by atoms with Gasteiger partial charge in [0.2, 0.25) is 0 Å². The van der Waals surface area contributed by atoms with Crippen LogP contribution in [-0.2, 0) is 29.2 Å². The first kappa shape index (κ1) is 23.0. The molecule has 2 aliphatic rings. The topological polar surface area (TPSA) is 107 Å². The summed E-state index contributed by atoms with van der Waals surface area (Å²) in [5, 5.41) is -4.64. The summed E-state index contributed by atoms with van der Waals surface area (Å²) >= 11 is 0. The zero-order chi connectivity index (χ0) is 21.2. The Hall–Kier alpha value is -1.29. The molecule has 0 aromatic carbocycles. The van der Waals surface area contributed by atoms with Crippen LogP contribution in [0, 0.1) is 11.8 Å². The van der Waals surface area contributed by atoms with Gasteiger partial charge >= 0.3 is 27.3 Å². The molecular formula is C18H28F2O7S. The fourth-order valence-electron chi connectivity index (χ4n) is 4.07. The van der Waals surface area contributed by atoms with Gasteiger partial charge < -0.3 is 9.47 Å². The lowest BCUT2D eigenvalue weighted by molar-refractivity contribution is -0.179. The SMILES string of the molecule is CCC1(OC(=O)C2CCCCC2C(=O)OC(C)C(F)(F)S(=O)(=O)O)CCCC1. The molecule has 0 spiro atoms. The van der Waals surface area contributed by atoms with Gasteiger partial charge in [0.05, 0.1) is 11.8 Å². The molecule has 1 N–H and O–H groups in total. The van der Waals surface area contributed by atoms with Gasteiger partial charge in [-0.05, 0) is 51.9 Å². The van der Waals surface area contributed by atoms with Crippen molar-refractivity contribution in [1.82, 2.24) is 0 Å². The van der Waals surface area contributed by atoms with Crippen molar-refractivity contribution in [2.24, 2.45) is 11.8 Å².